The Balaban J connectivity index is 2.14. The van der Waals surface area contributed by atoms with E-state index in [1.54, 1.807) is 16.0 Å². The minimum atomic E-state index is 0.758. The van der Waals surface area contributed by atoms with Crippen LogP contribution in [0.15, 0.2) is 29.4 Å². The van der Waals surface area contributed by atoms with Crippen LogP contribution >= 0.6 is 22.7 Å². The third-order valence-corrected chi connectivity index (χ3v) is 4.91. The van der Waals surface area contributed by atoms with E-state index in [0.717, 1.165) is 41.8 Å². The molecule has 0 aliphatic carbocycles. The lowest BCUT2D eigenvalue weighted by molar-refractivity contribution is 0.686. The first-order valence-electron chi connectivity index (χ1n) is 6.35. The topological polar surface area (TPSA) is 43.1 Å². The number of aromatic nitrogens is 3. The maximum Gasteiger partial charge on any atom is 0.151 e. The molecule has 4 nitrogen and oxygen atoms in total. The SMILES string of the molecule is [B]c1cc2sc(-c3cc(C)c(=NC(=C)C)n(C)n3)nc2s1. The van der Waals surface area contributed by atoms with Gasteiger partial charge in [0.1, 0.15) is 23.4 Å². The lowest BCUT2D eigenvalue weighted by Gasteiger charge is -2.05. The standard InChI is InChI=1S/C14H13BN4S2/c1-7(2)16-12-8(3)5-9(18-19(12)4)13-17-14-10(20-13)6-11(15)21-14/h5-6H,1H2,2-4H3. The number of aryl methyl sites for hydroxylation is 2. The molecule has 0 fully saturated rings. The number of hydrogen-bond acceptors (Lipinski definition) is 5. The van der Waals surface area contributed by atoms with Crippen molar-refractivity contribution in [1.82, 2.24) is 14.8 Å². The third kappa shape index (κ3) is 2.71. The van der Waals surface area contributed by atoms with Crippen molar-refractivity contribution in [2.45, 2.75) is 13.8 Å². The molecule has 0 atom stereocenters. The van der Waals surface area contributed by atoms with Gasteiger partial charge in [-0.05, 0) is 36.3 Å². The van der Waals surface area contributed by atoms with Gasteiger partial charge in [-0.2, -0.15) is 5.10 Å². The smallest absolute Gasteiger partial charge is 0.151 e. The molecule has 2 radical (unpaired) electrons. The van der Waals surface area contributed by atoms with Gasteiger partial charge in [-0.25, -0.2) is 9.98 Å². The number of nitrogens with zero attached hydrogens (tertiary/aromatic N) is 4. The molecule has 0 saturated carbocycles. The Kier molecular flexibility index (Phi) is 3.55. The van der Waals surface area contributed by atoms with E-state index in [2.05, 4.69) is 21.7 Å². The van der Waals surface area contributed by atoms with E-state index < -0.39 is 0 Å². The van der Waals surface area contributed by atoms with Crippen molar-refractivity contribution in [3.63, 3.8) is 0 Å². The van der Waals surface area contributed by atoms with Crippen LogP contribution in [0.2, 0.25) is 0 Å². The van der Waals surface area contributed by atoms with Gasteiger partial charge in [0.15, 0.2) is 5.49 Å². The Bertz CT molecular complexity index is 859. The van der Waals surface area contributed by atoms with Gasteiger partial charge in [-0.1, -0.05) is 6.58 Å². The van der Waals surface area contributed by atoms with Crippen LogP contribution in [0.1, 0.15) is 12.5 Å². The molecule has 0 N–H and O–H groups in total. The maximum absolute atomic E-state index is 5.78. The van der Waals surface area contributed by atoms with E-state index in [1.165, 1.54) is 11.3 Å². The summed E-state index contributed by atoms with van der Waals surface area (Å²) in [7, 11) is 7.66. The molecule has 0 aromatic carbocycles. The van der Waals surface area contributed by atoms with Crippen LogP contribution in [-0.2, 0) is 7.05 Å². The van der Waals surface area contributed by atoms with Crippen LogP contribution in [0, 0.1) is 6.92 Å². The highest BCUT2D eigenvalue weighted by Crippen LogP contribution is 2.30. The summed E-state index contributed by atoms with van der Waals surface area (Å²) in [5.74, 6) is 0. The van der Waals surface area contributed by atoms with Crippen molar-refractivity contribution < 1.29 is 0 Å². The summed E-state index contributed by atoms with van der Waals surface area (Å²) in [4.78, 5) is 9.99. The van der Waals surface area contributed by atoms with Crippen LogP contribution in [0.3, 0.4) is 0 Å². The average molecular weight is 312 g/mol. The molecule has 3 aromatic rings. The van der Waals surface area contributed by atoms with E-state index in [9.17, 15) is 0 Å². The summed E-state index contributed by atoms with van der Waals surface area (Å²) in [6.45, 7) is 7.70. The van der Waals surface area contributed by atoms with E-state index >= 15 is 0 Å². The Morgan fingerprint density at radius 1 is 1.38 bits per heavy atom. The maximum atomic E-state index is 5.78. The monoisotopic (exact) mass is 312 g/mol. The predicted molar refractivity (Wildman–Crippen MR) is 90.2 cm³/mol. The van der Waals surface area contributed by atoms with E-state index in [-0.39, 0.29) is 0 Å². The summed E-state index contributed by atoms with van der Waals surface area (Å²) in [5, 5.41) is 5.46. The minimum Gasteiger partial charge on any atom is -0.250 e. The van der Waals surface area contributed by atoms with Crippen LogP contribution in [0.5, 0.6) is 0 Å². The molecular formula is C14H13BN4S2. The van der Waals surface area contributed by atoms with Crippen LogP contribution in [-0.4, -0.2) is 22.6 Å². The molecule has 0 bridgehead atoms. The van der Waals surface area contributed by atoms with Gasteiger partial charge in [-0.3, -0.25) is 4.68 Å². The summed E-state index contributed by atoms with van der Waals surface area (Å²) in [6, 6.07) is 3.96. The molecule has 0 aliphatic heterocycles. The van der Waals surface area contributed by atoms with Crippen molar-refractivity contribution in [2.24, 2.45) is 12.0 Å². The first-order valence-corrected chi connectivity index (χ1v) is 7.99. The molecule has 104 valence electrons. The molecule has 3 aromatic heterocycles. The quantitative estimate of drug-likeness (QED) is 0.682. The molecule has 3 rings (SSSR count). The molecule has 0 saturated heterocycles. The normalized spacial score (nSPS) is 12.2. The van der Waals surface area contributed by atoms with Crippen molar-refractivity contribution in [3.05, 3.63) is 35.5 Å². The van der Waals surface area contributed by atoms with Crippen LogP contribution in [0.25, 0.3) is 20.2 Å². The van der Waals surface area contributed by atoms with E-state index in [1.807, 2.05) is 33.0 Å². The predicted octanol–water partition coefficient (Wildman–Crippen LogP) is 2.29. The molecule has 0 aliphatic rings. The lowest BCUT2D eigenvalue weighted by atomic mass is 10.1. The van der Waals surface area contributed by atoms with Gasteiger partial charge in [0, 0.05) is 12.7 Å². The largest absolute Gasteiger partial charge is 0.250 e. The summed E-state index contributed by atoms with van der Waals surface area (Å²) in [6.07, 6.45) is 0. The van der Waals surface area contributed by atoms with E-state index in [0.29, 0.717) is 0 Å². The minimum absolute atomic E-state index is 0.758. The fourth-order valence-corrected chi connectivity index (χ4v) is 4.02. The highest BCUT2D eigenvalue weighted by Gasteiger charge is 2.11. The molecule has 0 unspecified atom stereocenters. The van der Waals surface area contributed by atoms with Gasteiger partial charge in [0.2, 0.25) is 0 Å². The number of hydrogen-bond donors (Lipinski definition) is 0. The zero-order valence-electron chi connectivity index (χ0n) is 12.0. The molecule has 7 heteroatoms. The number of thiophene rings is 1. The van der Waals surface area contributed by atoms with Crippen LogP contribution < -0.4 is 10.3 Å². The number of thiazole rings is 1. The molecule has 0 amide bonds. The fraction of sp³-hybridized carbons (Fsp3) is 0.214. The first-order chi connectivity index (χ1) is 9.94. The second kappa shape index (κ2) is 5.24. The second-order valence-electron chi connectivity index (χ2n) is 4.84. The molecule has 0 spiro atoms. The lowest BCUT2D eigenvalue weighted by Crippen LogP contribution is -2.24. The first kappa shape index (κ1) is 14.2. The summed E-state index contributed by atoms with van der Waals surface area (Å²) in [5.41, 5.74) is 3.47. The van der Waals surface area contributed by atoms with Gasteiger partial charge in [0.25, 0.3) is 0 Å². The van der Waals surface area contributed by atoms with Gasteiger partial charge in [0.05, 0.1) is 4.70 Å². The molecular weight excluding hydrogens is 299 g/mol. The number of fused-ring (bicyclic) bond motifs is 1. The fourth-order valence-electron chi connectivity index (χ4n) is 2.07. The number of allylic oxidation sites excluding steroid dienone is 1. The van der Waals surface area contributed by atoms with Crippen LogP contribution in [0.4, 0.5) is 0 Å². The Morgan fingerprint density at radius 2 is 2.14 bits per heavy atom. The second-order valence-corrected chi connectivity index (χ2v) is 6.94. The summed E-state index contributed by atoms with van der Waals surface area (Å²) < 4.78 is 3.66. The number of rotatable bonds is 2. The average Bonchev–Trinajstić information content (AvgIpc) is 2.90. The summed E-state index contributed by atoms with van der Waals surface area (Å²) >= 11 is 3.10. The van der Waals surface area contributed by atoms with Crippen molar-refractivity contribution in [3.8, 4) is 10.7 Å². The molecule has 3 heterocycles. The third-order valence-electron chi connectivity index (χ3n) is 2.89. The zero-order chi connectivity index (χ0) is 15.1. The van der Waals surface area contributed by atoms with Gasteiger partial charge < -0.3 is 0 Å². The Hall–Kier alpha value is -1.73. The Morgan fingerprint density at radius 3 is 2.76 bits per heavy atom. The van der Waals surface area contributed by atoms with Crippen molar-refractivity contribution >= 4 is 44.8 Å². The van der Waals surface area contributed by atoms with Crippen molar-refractivity contribution in [2.75, 3.05) is 0 Å². The van der Waals surface area contributed by atoms with Crippen molar-refractivity contribution in [1.29, 1.82) is 0 Å². The van der Waals surface area contributed by atoms with Gasteiger partial charge >= 0.3 is 0 Å². The Labute approximate surface area is 131 Å². The highest BCUT2D eigenvalue weighted by molar-refractivity contribution is 7.32. The van der Waals surface area contributed by atoms with Gasteiger partial charge in [-0.15, -0.1) is 22.7 Å². The molecule has 21 heavy (non-hydrogen) atoms. The van der Waals surface area contributed by atoms with E-state index in [4.69, 9.17) is 7.85 Å². The zero-order valence-corrected chi connectivity index (χ0v) is 13.7. The highest BCUT2D eigenvalue weighted by atomic mass is 32.1.